The van der Waals surface area contributed by atoms with Crippen molar-refractivity contribution in [1.82, 2.24) is 19.9 Å². The van der Waals surface area contributed by atoms with Gasteiger partial charge in [0.25, 0.3) is 0 Å². The molecule has 0 aliphatic carbocycles. The van der Waals surface area contributed by atoms with Gasteiger partial charge in [-0.25, -0.2) is 15.0 Å². The molecule has 0 radical (unpaired) electrons. The smallest absolute Gasteiger partial charge is 0.221 e. The standard InChI is InChI=1S/C16H17N5OS/c1-10(2)22-15-11(3)14(19-9-20-15)21-16-18-8-13(23-16)12-6-4-5-7-17-12/h4-10H,1-3H3,(H,18,19,20,21). The highest BCUT2D eigenvalue weighted by atomic mass is 32.1. The molecule has 3 aromatic heterocycles. The first-order valence-electron chi connectivity index (χ1n) is 7.26. The van der Waals surface area contributed by atoms with Gasteiger partial charge in [0, 0.05) is 12.4 Å². The Hall–Kier alpha value is -2.54. The fourth-order valence-corrected chi connectivity index (χ4v) is 2.75. The minimum absolute atomic E-state index is 0.0621. The van der Waals surface area contributed by atoms with E-state index in [1.807, 2.05) is 39.0 Å². The quantitative estimate of drug-likeness (QED) is 0.767. The number of hydrogen-bond acceptors (Lipinski definition) is 7. The van der Waals surface area contributed by atoms with Crippen molar-refractivity contribution in [3.63, 3.8) is 0 Å². The third-order valence-corrected chi connectivity index (χ3v) is 3.97. The number of ether oxygens (including phenoxy) is 1. The topological polar surface area (TPSA) is 72.8 Å². The second-order valence-electron chi connectivity index (χ2n) is 5.19. The normalized spacial score (nSPS) is 10.8. The van der Waals surface area contributed by atoms with E-state index in [0.717, 1.165) is 21.3 Å². The number of rotatable bonds is 5. The predicted molar refractivity (Wildman–Crippen MR) is 91.2 cm³/mol. The van der Waals surface area contributed by atoms with Crippen molar-refractivity contribution in [1.29, 1.82) is 0 Å². The summed E-state index contributed by atoms with van der Waals surface area (Å²) in [5.74, 6) is 1.27. The molecular weight excluding hydrogens is 310 g/mol. The van der Waals surface area contributed by atoms with E-state index in [-0.39, 0.29) is 6.10 Å². The summed E-state index contributed by atoms with van der Waals surface area (Å²) in [5.41, 5.74) is 1.76. The summed E-state index contributed by atoms with van der Waals surface area (Å²) in [6.45, 7) is 5.86. The lowest BCUT2D eigenvalue weighted by atomic mass is 10.3. The van der Waals surface area contributed by atoms with E-state index in [1.165, 1.54) is 17.7 Å². The molecule has 0 saturated heterocycles. The van der Waals surface area contributed by atoms with Gasteiger partial charge in [0.05, 0.1) is 22.2 Å². The lowest BCUT2D eigenvalue weighted by Gasteiger charge is -2.13. The summed E-state index contributed by atoms with van der Waals surface area (Å²) in [6, 6.07) is 5.81. The Balaban J connectivity index is 1.82. The van der Waals surface area contributed by atoms with Gasteiger partial charge < -0.3 is 10.1 Å². The maximum Gasteiger partial charge on any atom is 0.221 e. The van der Waals surface area contributed by atoms with E-state index in [4.69, 9.17) is 4.74 Å². The summed E-state index contributed by atoms with van der Waals surface area (Å²) in [5, 5.41) is 3.98. The molecule has 7 heteroatoms. The molecule has 0 bridgehead atoms. The molecule has 118 valence electrons. The van der Waals surface area contributed by atoms with Crippen molar-refractivity contribution in [2.75, 3.05) is 5.32 Å². The molecule has 3 heterocycles. The Bertz CT molecular complexity index is 788. The molecule has 23 heavy (non-hydrogen) atoms. The van der Waals surface area contributed by atoms with Gasteiger partial charge in [-0.2, -0.15) is 0 Å². The van der Waals surface area contributed by atoms with Crippen LogP contribution in [0.3, 0.4) is 0 Å². The van der Waals surface area contributed by atoms with E-state index in [1.54, 1.807) is 12.4 Å². The first kappa shape index (κ1) is 15.4. The molecule has 0 unspecified atom stereocenters. The van der Waals surface area contributed by atoms with Crippen LogP contribution >= 0.6 is 11.3 Å². The third-order valence-electron chi connectivity index (χ3n) is 3.03. The fourth-order valence-electron chi connectivity index (χ4n) is 1.96. The summed E-state index contributed by atoms with van der Waals surface area (Å²) in [4.78, 5) is 18.2. The van der Waals surface area contributed by atoms with Crippen LogP contribution in [0.2, 0.25) is 0 Å². The largest absolute Gasteiger partial charge is 0.475 e. The maximum absolute atomic E-state index is 5.68. The SMILES string of the molecule is Cc1c(Nc2ncc(-c3ccccn3)s2)ncnc1OC(C)C. The van der Waals surface area contributed by atoms with Crippen LogP contribution in [0.4, 0.5) is 10.9 Å². The molecule has 0 atom stereocenters. The molecular formula is C16H17N5OS. The zero-order chi connectivity index (χ0) is 16.2. The summed E-state index contributed by atoms with van der Waals surface area (Å²) < 4.78 is 5.68. The highest BCUT2D eigenvalue weighted by Crippen LogP contribution is 2.30. The van der Waals surface area contributed by atoms with Crippen LogP contribution in [0.5, 0.6) is 5.88 Å². The number of anilines is 2. The average molecular weight is 327 g/mol. The second-order valence-corrected chi connectivity index (χ2v) is 6.22. The lowest BCUT2D eigenvalue weighted by molar-refractivity contribution is 0.230. The number of pyridine rings is 1. The van der Waals surface area contributed by atoms with E-state index in [9.17, 15) is 0 Å². The molecule has 0 aliphatic heterocycles. The van der Waals surface area contributed by atoms with Gasteiger partial charge in [-0.15, -0.1) is 0 Å². The number of nitrogens with one attached hydrogen (secondary N) is 1. The summed E-state index contributed by atoms with van der Waals surface area (Å²) in [6.07, 6.45) is 5.12. The van der Waals surface area contributed by atoms with Crippen molar-refractivity contribution in [2.24, 2.45) is 0 Å². The van der Waals surface area contributed by atoms with Crippen LogP contribution in [-0.2, 0) is 0 Å². The highest BCUT2D eigenvalue weighted by molar-refractivity contribution is 7.18. The van der Waals surface area contributed by atoms with Crippen LogP contribution < -0.4 is 10.1 Å². The summed E-state index contributed by atoms with van der Waals surface area (Å²) in [7, 11) is 0. The van der Waals surface area contributed by atoms with E-state index in [2.05, 4.69) is 25.3 Å². The highest BCUT2D eigenvalue weighted by Gasteiger charge is 2.12. The van der Waals surface area contributed by atoms with E-state index >= 15 is 0 Å². The number of hydrogen-bond donors (Lipinski definition) is 1. The fraction of sp³-hybridized carbons (Fsp3) is 0.250. The Morgan fingerprint density at radius 2 is 2.00 bits per heavy atom. The van der Waals surface area contributed by atoms with Gasteiger partial charge in [-0.1, -0.05) is 17.4 Å². The van der Waals surface area contributed by atoms with Gasteiger partial charge in [0.1, 0.15) is 12.1 Å². The predicted octanol–water partition coefficient (Wildman–Crippen LogP) is 3.83. The molecule has 0 aliphatic rings. The molecule has 0 aromatic carbocycles. The second kappa shape index (κ2) is 6.70. The van der Waals surface area contributed by atoms with Gasteiger partial charge >= 0.3 is 0 Å². The first-order valence-corrected chi connectivity index (χ1v) is 8.07. The first-order chi connectivity index (χ1) is 11.1. The molecule has 6 nitrogen and oxygen atoms in total. The Morgan fingerprint density at radius 1 is 1.13 bits per heavy atom. The van der Waals surface area contributed by atoms with E-state index in [0.29, 0.717) is 11.7 Å². The zero-order valence-electron chi connectivity index (χ0n) is 13.1. The minimum Gasteiger partial charge on any atom is -0.475 e. The Kier molecular flexibility index (Phi) is 4.47. The third kappa shape index (κ3) is 3.62. The van der Waals surface area contributed by atoms with Crippen LogP contribution in [0, 0.1) is 6.92 Å². The summed E-state index contributed by atoms with van der Waals surface area (Å²) >= 11 is 1.52. The van der Waals surface area contributed by atoms with Crippen LogP contribution in [0.25, 0.3) is 10.6 Å². The van der Waals surface area contributed by atoms with E-state index < -0.39 is 0 Å². The van der Waals surface area contributed by atoms with Crippen molar-refractivity contribution >= 4 is 22.3 Å². The monoisotopic (exact) mass is 327 g/mol. The van der Waals surface area contributed by atoms with Crippen molar-refractivity contribution < 1.29 is 4.74 Å². The molecule has 0 saturated carbocycles. The Morgan fingerprint density at radius 3 is 2.74 bits per heavy atom. The number of aromatic nitrogens is 4. The van der Waals surface area contributed by atoms with Crippen molar-refractivity contribution in [3.8, 4) is 16.5 Å². The minimum atomic E-state index is 0.0621. The molecule has 3 aromatic rings. The van der Waals surface area contributed by atoms with Gasteiger partial charge in [0.2, 0.25) is 5.88 Å². The van der Waals surface area contributed by atoms with Gasteiger partial charge in [0.15, 0.2) is 5.13 Å². The van der Waals surface area contributed by atoms with Crippen LogP contribution in [-0.4, -0.2) is 26.0 Å². The van der Waals surface area contributed by atoms with Crippen LogP contribution in [0.1, 0.15) is 19.4 Å². The maximum atomic E-state index is 5.68. The Labute approximate surface area is 138 Å². The number of thiazole rings is 1. The molecule has 3 rings (SSSR count). The van der Waals surface area contributed by atoms with Crippen LogP contribution in [0.15, 0.2) is 36.9 Å². The van der Waals surface area contributed by atoms with Crippen molar-refractivity contribution in [2.45, 2.75) is 26.9 Å². The van der Waals surface area contributed by atoms with Crippen molar-refractivity contribution in [3.05, 3.63) is 42.5 Å². The lowest BCUT2D eigenvalue weighted by Crippen LogP contribution is -2.09. The molecule has 0 amide bonds. The van der Waals surface area contributed by atoms with Gasteiger partial charge in [-0.3, -0.25) is 4.98 Å². The molecule has 0 fully saturated rings. The van der Waals surface area contributed by atoms with Gasteiger partial charge in [-0.05, 0) is 32.9 Å². The average Bonchev–Trinajstić information content (AvgIpc) is 3.00. The molecule has 0 spiro atoms. The number of nitrogens with zero attached hydrogens (tertiary/aromatic N) is 4. The zero-order valence-corrected chi connectivity index (χ0v) is 14.0. The molecule has 1 N–H and O–H groups in total.